The summed E-state index contributed by atoms with van der Waals surface area (Å²) < 4.78 is 2.11. The van der Waals surface area contributed by atoms with Gasteiger partial charge in [-0.15, -0.1) is 0 Å². The zero-order valence-electron chi connectivity index (χ0n) is 15.8. The second-order valence-electron chi connectivity index (χ2n) is 6.77. The summed E-state index contributed by atoms with van der Waals surface area (Å²) in [6, 6.07) is 14.3. The topological polar surface area (TPSA) is 85.5 Å². The molecular weight excluding hydrogens is 390 g/mol. The molecule has 2 heterocycles. The number of nitro groups is 1. The molecule has 0 N–H and O–H groups in total. The highest BCUT2D eigenvalue weighted by Crippen LogP contribution is 2.35. The van der Waals surface area contributed by atoms with Crippen molar-refractivity contribution < 1.29 is 14.5 Å². The van der Waals surface area contributed by atoms with Crippen LogP contribution in [0.4, 0.5) is 10.5 Å². The average molecular weight is 407 g/mol. The molecule has 0 unspecified atom stereocenters. The van der Waals surface area contributed by atoms with Crippen molar-refractivity contribution in [3.05, 3.63) is 80.4 Å². The molecule has 4 rings (SSSR count). The fraction of sp³-hybridized carbons (Fsp3) is 0.143. The Morgan fingerprint density at radius 2 is 1.79 bits per heavy atom. The summed E-state index contributed by atoms with van der Waals surface area (Å²) in [7, 11) is 1.48. The van der Waals surface area contributed by atoms with Gasteiger partial charge in [0.05, 0.1) is 9.83 Å². The Morgan fingerprint density at radius 1 is 1.10 bits per heavy atom. The highest BCUT2D eigenvalue weighted by Gasteiger charge is 2.32. The molecule has 0 aliphatic carbocycles. The van der Waals surface area contributed by atoms with Crippen molar-refractivity contribution in [3.8, 4) is 0 Å². The molecule has 2 amide bonds. The van der Waals surface area contributed by atoms with Crippen LogP contribution in [0.3, 0.4) is 0 Å². The van der Waals surface area contributed by atoms with E-state index >= 15 is 0 Å². The lowest BCUT2D eigenvalue weighted by Crippen LogP contribution is -2.22. The maximum atomic E-state index is 12.3. The first kappa shape index (κ1) is 18.9. The van der Waals surface area contributed by atoms with Gasteiger partial charge in [0.25, 0.3) is 16.8 Å². The zero-order valence-corrected chi connectivity index (χ0v) is 16.6. The number of carbonyl (C=O) groups is 2. The largest absolute Gasteiger partial charge is 0.340 e. The van der Waals surface area contributed by atoms with Crippen molar-refractivity contribution in [2.45, 2.75) is 13.5 Å². The van der Waals surface area contributed by atoms with E-state index in [9.17, 15) is 19.7 Å². The van der Waals surface area contributed by atoms with Crippen LogP contribution in [0.1, 0.15) is 16.8 Å². The van der Waals surface area contributed by atoms with Crippen molar-refractivity contribution >= 4 is 45.6 Å². The number of fused-ring (bicyclic) bond motifs is 1. The maximum Gasteiger partial charge on any atom is 0.293 e. The molecule has 0 bridgehead atoms. The van der Waals surface area contributed by atoms with Gasteiger partial charge < -0.3 is 4.57 Å². The van der Waals surface area contributed by atoms with E-state index in [0.29, 0.717) is 11.4 Å². The second kappa shape index (κ2) is 7.21. The Labute approximate surface area is 170 Å². The van der Waals surface area contributed by atoms with Gasteiger partial charge in [-0.3, -0.25) is 24.6 Å². The number of benzene rings is 2. The molecule has 7 nitrogen and oxygen atoms in total. The maximum absolute atomic E-state index is 12.3. The Balaban J connectivity index is 1.78. The van der Waals surface area contributed by atoms with Gasteiger partial charge >= 0.3 is 0 Å². The van der Waals surface area contributed by atoms with E-state index in [2.05, 4.69) is 4.57 Å². The smallest absolute Gasteiger partial charge is 0.293 e. The van der Waals surface area contributed by atoms with Crippen LogP contribution in [0.2, 0.25) is 0 Å². The van der Waals surface area contributed by atoms with Crippen molar-refractivity contribution in [1.29, 1.82) is 0 Å². The van der Waals surface area contributed by atoms with Crippen LogP contribution < -0.4 is 0 Å². The molecule has 0 atom stereocenters. The molecule has 0 radical (unpaired) electrons. The van der Waals surface area contributed by atoms with Crippen LogP contribution in [0.25, 0.3) is 17.0 Å². The second-order valence-corrected chi connectivity index (χ2v) is 7.76. The SMILES string of the molecule is Cc1c(/C=C2\SC(=O)N(C)C2=O)c2ccccc2n1Cc1ccc([N+](=O)[O-])cc1. The predicted molar refractivity (Wildman–Crippen MR) is 113 cm³/mol. The minimum atomic E-state index is -0.418. The Kier molecular flexibility index (Phi) is 4.71. The minimum Gasteiger partial charge on any atom is -0.340 e. The molecule has 146 valence electrons. The number of likely N-dealkylation sites (N-methyl/N-ethyl adjacent to an activating group) is 1. The van der Waals surface area contributed by atoms with Crippen LogP contribution in [-0.4, -0.2) is 32.6 Å². The molecule has 0 saturated carbocycles. The number of rotatable bonds is 4. The molecule has 1 aliphatic heterocycles. The number of hydrogen-bond acceptors (Lipinski definition) is 5. The van der Waals surface area contributed by atoms with Crippen molar-refractivity contribution in [1.82, 2.24) is 9.47 Å². The fourth-order valence-corrected chi connectivity index (χ4v) is 4.24. The van der Waals surface area contributed by atoms with Crippen LogP contribution in [0.15, 0.2) is 53.4 Å². The number of carbonyl (C=O) groups excluding carboxylic acids is 2. The van der Waals surface area contributed by atoms with Gasteiger partial charge in [-0.25, -0.2) is 0 Å². The van der Waals surface area contributed by atoms with Crippen molar-refractivity contribution in [3.63, 3.8) is 0 Å². The van der Waals surface area contributed by atoms with E-state index < -0.39 is 4.92 Å². The quantitative estimate of drug-likeness (QED) is 0.359. The first-order valence-corrected chi connectivity index (χ1v) is 9.71. The Hall–Kier alpha value is -3.39. The van der Waals surface area contributed by atoms with Gasteiger partial charge in [0.1, 0.15) is 0 Å². The Bertz CT molecular complexity index is 1190. The third-order valence-corrected chi connectivity index (χ3v) is 5.99. The number of nitro benzene ring substituents is 1. The number of non-ortho nitro benzene ring substituents is 1. The van der Waals surface area contributed by atoms with E-state index in [1.165, 1.54) is 19.2 Å². The fourth-order valence-electron chi connectivity index (χ4n) is 3.43. The number of thioether (sulfide) groups is 1. The average Bonchev–Trinajstić information content (AvgIpc) is 3.11. The molecular formula is C21H17N3O4S. The first-order chi connectivity index (χ1) is 13.9. The molecule has 1 aromatic heterocycles. The summed E-state index contributed by atoms with van der Waals surface area (Å²) in [5.41, 5.74) is 3.82. The highest BCUT2D eigenvalue weighted by atomic mass is 32.2. The van der Waals surface area contributed by atoms with Crippen LogP contribution in [0.5, 0.6) is 0 Å². The number of imide groups is 1. The lowest BCUT2D eigenvalue weighted by Gasteiger charge is -2.09. The number of para-hydroxylation sites is 1. The summed E-state index contributed by atoms with van der Waals surface area (Å²) in [4.78, 5) is 36.1. The van der Waals surface area contributed by atoms with E-state index in [-0.39, 0.29) is 16.8 Å². The van der Waals surface area contributed by atoms with Crippen molar-refractivity contribution in [2.24, 2.45) is 0 Å². The molecule has 0 spiro atoms. The number of nitrogens with zero attached hydrogens (tertiary/aromatic N) is 3. The van der Waals surface area contributed by atoms with E-state index in [1.807, 2.05) is 31.2 Å². The molecule has 1 fully saturated rings. The van der Waals surface area contributed by atoms with Gasteiger partial charge in [0.2, 0.25) is 0 Å². The minimum absolute atomic E-state index is 0.0545. The summed E-state index contributed by atoms with van der Waals surface area (Å²) in [5.74, 6) is -0.299. The summed E-state index contributed by atoms with van der Waals surface area (Å²) >= 11 is 0.937. The lowest BCUT2D eigenvalue weighted by molar-refractivity contribution is -0.384. The Morgan fingerprint density at radius 3 is 2.41 bits per heavy atom. The van der Waals surface area contributed by atoms with Gasteiger partial charge in [-0.05, 0) is 36.4 Å². The number of hydrogen-bond donors (Lipinski definition) is 0. The molecule has 3 aromatic rings. The van der Waals surface area contributed by atoms with Gasteiger partial charge in [0.15, 0.2) is 0 Å². The van der Waals surface area contributed by atoms with Crippen LogP contribution in [0, 0.1) is 17.0 Å². The van der Waals surface area contributed by atoms with E-state index in [0.717, 1.165) is 44.4 Å². The lowest BCUT2D eigenvalue weighted by atomic mass is 10.1. The predicted octanol–water partition coefficient (Wildman–Crippen LogP) is 4.57. The summed E-state index contributed by atoms with van der Waals surface area (Å²) in [6.07, 6.45) is 1.78. The van der Waals surface area contributed by atoms with Gasteiger partial charge in [0, 0.05) is 47.9 Å². The molecule has 1 saturated heterocycles. The normalized spacial score (nSPS) is 15.7. The van der Waals surface area contributed by atoms with Gasteiger partial charge in [-0.2, -0.15) is 0 Å². The van der Waals surface area contributed by atoms with E-state index in [1.54, 1.807) is 18.2 Å². The van der Waals surface area contributed by atoms with Crippen molar-refractivity contribution in [2.75, 3.05) is 7.05 Å². The summed E-state index contributed by atoms with van der Waals surface area (Å²) in [6.45, 7) is 2.50. The monoisotopic (exact) mass is 407 g/mol. The van der Waals surface area contributed by atoms with Gasteiger partial charge in [-0.1, -0.05) is 30.3 Å². The highest BCUT2D eigenvalue weighted by molar-refractivity contribution is 8.18. The molecule has 2 aromatic carbocycles. The first-order valence-electron chi connectivity index (χ1n) is 8.89. The molecule has 1 aliphatic rings. The summed E-state index contributed by atoms with van der Waals surface area (Å²) in [5, 5.41) is 11.6. The number of amides is 2. The molecule has 29 heavy (non-hydrogen) atoms. The number of aromatic nitrogens is 1. The van der Waals surface area contributed by atoms with Crippen LogP contribution in [-0.2, 0) is 11.3 Å². The van der Waals surface area contributed by atoms with Crippen LogP contribution >= 0.6 is 11.8 Å². The van der Waals surface area contributed by atoms with E-state index in [4.69, 9.17) is 0 Å². The third kappa shape index (κ3) is 3.31. The standard InChI is InChI=1S/C21H17N3O4S/c1-13-17(11-19-20(25)22(2)21(26)29-19)16-5-3-4-6-18(16)23(13)12-14-7-9-15(10-8-14)24(27)28/h3-11H,12H2,1-2H3/b19-11-. The molecule has 8 heteroatoms. The zero-order chi connectivity index (χ0) is 20.7. The third-order valence-electron chi connectivity index (χ3n) is 5.03.